The highest BCUT2D eigenvalue weighted by Gasteiger charge is 2.04. The predicted molar refractivity (Wildman–Crippen MR) is 91.8 cm³/mol. The van der Waals surface area contributed by atoms with Crippen LogP contribution in [0.25, 0.3) is 0 Å². The largest absolute Gasteiger partial charge is 0.488 e. The van der Waals surface area contributed by atoms with Crippen molar-refractivity contribution in [1.29, 1.82) is 0 Å². The zero-order valence-electron chi connectivity index (χ0n) is 11.8. The Morgan fingerprint density at radius 3 is 2.81 bits per heavy atom. The molecule has 0 bridgehead atoms. The summed E-state index contributed by atoms with van der Waals surface area (Å²) >= 11 is 0. The van der Waals surface area contributed by atoms with E-state index in [9.17, 15) is 8.78 Å². The molecule has 118 valence electrons. The molecule has 0 radical (unpaired) electrons. The number of aliphatic imine (C=N–C) groups is 1. The zero-order chi connectivity index (χ0) is 14.8. The van der Waals surface area contributed by atoms with Gasteiger partial charge in [-0.2, -0.15) is 0 Å². The molecule has 0 atom stereocenters. The molecule has 1 rings (SSSR count). The van der Waals surface area contributed by atoms with Gasteiger partial charge in [-0.1, -0.05) is 18.2 Å². The second kappa shape index (κ2) is 11.3. The number of nitrogens with one attached hydrogen (secondary N) is 2. The number of halogens is 3. The minimum atomic E-state index is -2.47. The van der Waals surface area contributed by atoms with Crippen LogP contribution in [0.3, 0.4) is 0 Å². The van der Waals surface area contributed by atoms with E-state index < -0.39 is 13.0 Å². The van der Waals surface area contributed by atoms with Gasteiger partial charge in [-0.3, -0.25) is 4.99 Å². The fourth-order valence-corrected chi connectivity index (χ4v) is 1.48. The molecule has 0 saturated carbocycles. The van der Waals surface area contributed by atoms with Gasteiger partial charge in [0.15, 0.2) is 5.96 Å². The van der Waals surface area contributed by atoms with Crippen LogP contribution in [0.1, 0.15) is 5.56 Å². The van der Waals surface area contributed by atoms with E-state index in [4.69, 9.17) is 4.74 Å². The molecular weight excluding hydrogens is 391 g/mol. The average Bonchev–Trinajstić information content (AvgIpc) is 2.46. The molecule has 0 aliphatic carbocycles. The molecule has 0 amide bonds. The van der Waals surface area contributed by atoms with Crippen LogP contribution in [0.5, 0.6) is 5.75 Å². The standard InChI is InChI=1S/C14H19F2N3O.HI/c1-3-7-18-14(17-2)19-9-11-5-4-6-12(8-11)20-10-13(15)16;/h3-6,8,13H,1,7,9-10H2,2H3,(H2,17,18,19);1H. The van der Waals surface area contributed by atoms with E-state index in [-0.39, 0.29) is 24.0 Å². The first-order chi connectivity index (χ1) is 9.65. The normalized spacial score (nSPS) is 10.8. The molecule has 4 nitrogen and oxygen atoms in total. The van der Waals surface area contributed by atoms with Gasteiger partial charge in [-0.25, -0.2) is 8.78 Å². The van der Waals surface area contributed by atoms with Crippen molar-refractivity contribution in [3.05, 3.63) is 42.5 Å². The van der Waals surface area contributed by atoms with Crippen LogP contribution in [0.2, 0.25) is 0 Å². The number of benzene rings is 1. The highest BCUT2D eigenvalue weighted by Crippen LogP contribution is 2.14. The van der Waals surface area contributed by atoms with Crippen molar-refractivity contribution in [3.8, 4) is 5.75 Å². The molecule has 0 unspecified atom stereocenters. The van der Waals surface area contributed by atoms with Gasteiger partial charge >= 0.3 is 0 Å². The molecule has 21 heavy (non-hydrogen) atoms. The van der Waals surface area contributed by atoms with Gasteiger partial charge in [0, 0.05) is 20.1 Å². The Kier molecular flexibility index (Phi) is 10.6. The fraction of sp³-hybridized carbons (Fsp3) is 0.357. The molecule has 0 spiro atoms. The SMILES string of the molecule is C=CCNC(=NC)NCc1cccc(OCC(F)F)c1.I. The van der Waals surface area contributed by atoms with Gasteiger partial charge < -0.3 is 15.4 Å². The van der Waals surface area contributed by atoms with Crippen molar-refractivity contribution in [3.63, 3.8) is 0 Å². The van der Waals surface area contributed by atoms with Crippen LogP contribution in [0.15, 0.2) is 41.9 Å². The number of alkyl halides is 2. The topological polar surface area (TPSA) is 45.7 Å². The minimum Gasteiger partial charge on any atom is -0.488 e. The van der Waals surface area contributed by atoms with Crippen LogP contribution in [0.4, 0.5) is 8.78 Å². The van der Waals surface area contributed by atoms with Crippen LogP contribution in [-0.4, -0.2) is 32.6 Å². The Morgan fingerprint density at radius 1 is 1.43 bits per heavy atom. The minimum absolute atomic E-state index is 0. The fourth-order valence-electron chi connectivity index (χ4n) is 1.48. The first kappa shape index (κ1) is 19.6. The highest BCUT2D eigenvalue weighted by atomic mass is 127. The first-order valence-electron chi connectivity index (χ1n) is 6.21. The molecule has 0 fully saturated rings. The Morgan fingerprint density at radius 2 is 2.19 bits per heavy atom. The van der Waals surface area contributed by atoms with Crippen molar-refractivity contribution in [1.82, 2.24) is 10.6 Å². The Bertz CT molecular complexity index is 456. The lowest BCUT2D eigenvalue weighted by Gasteiger charge is -2.11. The summed E-state index contributed by atoms with van der Waals surface area (Å²) in [6.07, 6.45) is -0.746. The predicted octanol–water partition coefficient (Wildman–Crippen LogP) is 2.80. The van der Waals surface area contributed by atoms with Crippen molar-refractivity contribution >= 4 is 29.9 Å². The van der Waals surface area contributed by atoms with Crippen molar-refractivity contribution in [2.45, 2.75) is 13.0 Å². The van der Waals surface area contributed by atoms with E-state index in [1.165, 1.54) is 0 Å². The van der Waals surface area contributed by atoms with Crippen molar-refractivity contribution in [2.24, 2.45) is 4.99 Å². The molecule has 7 heteroatoms. The summed E-state index contributed by atoms with van der Waals surface area (Å²) in [6.45, 7) is 4.14. The molecule has 0 aromatic heterocycles. The van der Waals surface area contributed by atoms with Gasteiger partial charge in [0.25, 0.3) is 6.43 Å². The maximum absolute atomic E-state index is 12.1. The molecule has 1 aromatic rings. The van der Waals surface area contributed by atoms with Crippen LogP contribution >= 0.6 is 24.0 Å². The van der Waals surface area contributed by atoms with E-state index in [2.05, 4.69) is 22.2 Å². The average molecular weight is 411 g/mol. The third kappa shape index (κ3) is 8.49. The first-order valence-corrected chi connectivity index (χ1v) is 6.21. The second-order valence-corrected chi connectivity index (χ2v) is 3.94. The lowest BCUT2D eigenvalue weighted by Crippen LogP contribution is -2.36. The van der Waals surface area contributed by atoms with Crippen molar-refractivity contribution in [2.75, 3.05) is 20.2 Å². The summed E-state index contributed by atoms with van der Waals surface area (Å²) in [6, 6.07) is 7.01. The maximum atomic E-state index is 12.1. The highest BCUT2D eigenvalue weighted by molar-refractivity contribution is 14.0. The quantitative estimate of drug-likeness (QED) is 0.314. The zero-order valence-corrected chi connectivity index (χ0v) is 14.1. The lowest BCUT2D eigenvalue weighted by molar-refractivity contribution is 0.0818. The third-order valence-corrected chi connectivity index (χ3v) is 2.37. The molecule has 0 aliphatic heterocycles. The second-order valence-electron chi connectivity index (χ2n) is 3.94. The Labute approximate surface area is 140 Å². The summed E-state index contributed by atoms with van der Waals surface area (Å²) in [4.78, 5) is 4.04. The van der Waals surface area contributed by atoms with E-state index in [1.54, 1.807) is 31.3 Å². The Hall–Kier alpha value is -1.38. The third-order valence-electron chi connectivity index (χ3n) is 2.37. The van der Waals surface area contributed by atoms with E-state index in [1.807, 2.05) is 6.07 Å². The molecule has 0 aliphatic rings. The number of nitrogens with zero attached hydrogens (tertiary/aromatic N) is 1. The van der Waals surface area contributed by atoms with Crippen molar-refractivity contribution < 1.29 is 13.5 Å². The summed E-state index contributed by atoms with van der Waals surface area (Å²) in [5.74, 6) is 1.07. The molecule has 0 saturated heterocycles. The van der Waals surface area contributed by atoms with E-state index >= 15 is 0 Å². The van der Waals surface area contributed by atoms with E-state index in [0.717, 1.165) is 5.56 Å². The number of hydrogen-bond donors (Lipinski definition) is 2. The summed E-state index contributed by atoms with van der Waals surface area (Å²) in [7, 11) is 1.67. The lowest BCUT2D eigenvalue weighted by atomic mass is 10.2. The number of ether oxygens (including phenoxy) is 1. The van der Waals surface area contributed by atoms with Gasteiger partial charge in [-0.15, -0.1) is 30.6 Å². The summed E-state index contributed by atoms with van der Waals surface area (Å²) in [5.41, 5.74) is 0.915. The van der Waals surface area contributed by atoms with Crippen LogP contribution < -0.4 is 15.4 Å². The Balaban J connectivity index is 0.00000400. The number of rotatable bonds is 7. The molecule has 0 heterocycles. The van der Waals surface area contributed by atoms with Gasteiger partial charge in [0.1, 0.15) is 12.4 Å². The van der Waals surface area contributed by atoms with E-state index in [0.29, 0.717) is 24.8 Å². The number of hydrogen-bond acceptors (Lipinski definition) is 2. The summed E-state index contributed by atoms with van der Waals surface area (Å²) < 4.78 is 29.1. The molecule has 1 aromatic carbocycles. The number of guanidine groups is 1. The van der Waals surface area contributed by atoms with Gasteiger partial charge in [0.2, 0.25) is 0 Å². The summed E-state index contributed by atoms with van der Waals surface area (Å²) in [5, 5.41) is 6.13. The van der Waals surface area contributed by atoms with Crippen LogP contribution in [0, 0.1) is 0 Å². The maximum Gasteiger partial charge on any atom is 0.272 e. The van der Waals surface area contributed by atoms with Crippen LogP contribution in [-0.2, 0) is 6.54 Å². The monoisotopic (exact) mass is 411 g/mol. The molecular formula is C14H20F2IN3O. The van der Waals surface area contributed by atoms with Gasteiger partial charge in [-0.05, 0) is 17.7 Å². The smallest absolute Gasteiger partial charge is 0.272 e. The van der Waals surface area contributed by atoms with Gasteiger partial charge in [0.05, 0.1) is 0 Å². The molecule has 2 N–H and O–H groups in total.